The van der Waals surface area contributed by atoms with E-state index in [9.17, 15) is 0 Å². The van der Waals surface area contributed by atoms with Gasteiger partial charge in [0.25, 0.3) is 0 Å². The fraction of sp³-hybridized carbons (Fsp3) is 0. The first-order chi connectivity index (χ1) is 0. The molecule has 0 saturated heterocycles. The third kappa shape index (κ3) is 8.83. The fourth-order valence-corrected chi connectivity index (χ4v) is 0. The van der Waals surface area contributed by atoms with Gasteiger partial charge in [-0.2, -0.15) is 0 Å². The van der Waals surface area contributed by atoms with Gasteiger partial charge in [0, 0.05) is 75.5 Å². The second kappa shape index (κ2) is 18.2. The first-order valence-electron chi connectivity index (χ1n) is 0. The average molecular weight is 260 g/mol. The van der Waals surface area contributed by atoms with Gasteiger partial charge in [-0.25, -0.2) is 0 Å². The Kier molecular flexibility index (Phi) is 148. The zero-order chi connectivity index (χ0) is 0. The van der Waals surface area contributed by atoms with E-state index in [1.165, 1.54) is 0 Å². The maximum Gasteiger partial charge on any atom is 0 e. The molecule has 0 spiro atoms. The number of hydrogen-bond acceptors (Lipinski definition) is 0. The molecule has 0 aromatic rings. The number of rotatable bonds is 0. The van der Waals surface area contributed by atoms with E-state index in [2.05, 4.69) is 0 Å². The minimum Gasteiger partial charge on any atom is 0 e. The second-order valence-corrected chi connectivity index (χ2v) is 0. The molecule has 4 heteroatoms. The molecule has 0 unspecified atom stereocenters. The Labute approximate surface area is 74.6 Å². The molecule has 17 valence electrons. The van der Waals surface area contributed by atoms with Crippen molar-refractivity contribution in [3.8, 4) is 0 Å². The zero-order valence-electron chi connectivity index (χ0n) is 2.42. The third-order valence-corrected chi connectivity index (χ3v) is 0. The van der Waals surface area contributed by atoms with Crippen LogP contribution < -0.4 is 0 Å². The Hall–Kier alpha value is 2.39. The Morgan fingerprint density at radius 2 is 0.500 bits per heavy atom. The molecule has 0 rings (SSSR count). The van der Waals surface area contributed by atoms with Crippen molar-refractivity contribution >= 4 is 0 Å². The smallest absolute Gasteiger partial charge is 0 e. The van der Waals surface area contributed by atoms with E-state index in [0.29, 0.717) is 0 Å². The van der Waals surface area contributed by atoms with Gasteiger partial charge in [0.1, 0.15) is 0 Å². The maximum atomic E-state index is 0. The Balaban J connectivity index is 0. The molecule has 0 aromatic heterocycles. The molecule has 0 nitrogen and oxygen atoms in total. The predicted octanol–water partition coefficient (Wildman–Crippen LogP) is -0.0100. The van der Waals surface area contributed by atoms with Gasteiger partial charge in [-0.15, -0.1) is 0 Å². The Morgan fingerprint density at radius 3 is 0.500 bits per heavy atom. The van der Waals surface area contributed by atoms with Crippen LogP contribution in [0.15, 0.2) is 0 Å². The minimum atomic E-state index is 0. The molecule has 0 saturated carbocycles. The largest absolute Gasteiger partial charge is 0 e. The van der Waals surface area contributed by atoms with Crippen LogP contribution in [0.3, 0.4) is 0 Å². The Morgan fingerprint density at radius 1 is 0.500 bits per heavy atom. The summed E-state index contributed by atoms with van der Waals surface area (Å²) in [4.78, 5) is 0. The van der Waals surface area contributed by atoms with Crippen molar-refractivity contribution in [2.75, 3.05) is 0 Å². The van der Waals surface area contributed by atoms with Gasteiger partial charge in [-0.3, -0.25) is 0 Å². The topological polar surface area (TPSA) is 0 Å². The molecule has 0 aliphatic carbocycles. The van der Waals surface area contributed by atoms with Crippen molar-refractivity contribution in [3.05, 3.63) is 0 Å². The summed E-state index contributed by atoms with van der Waals surface area (Å²) in [7, 11) is 0. The van der Waals surface area contributed by atoms with Gasteiger partial charge in [0.15, 0.2) is 0 Å². The van der Waals surface area contributed by atoms with Gasteiger partial charge >= 0.3 is 0 Å². The van der Waals surface area contributed by atoms with Crippen LogP contribution in [0.1, 0.15) is 0 Å². The van der Waals surface area contributed by atoms with Crippen LogP contribution in [0.5, 0.6) is 0 Å². The van der Waals surface area contributed by atoms with Crippen LogP contribution in [0.25, 0.3) is 0 Å². The second-order valence-electron chi connectivity index (χ2n) is 0. The maximum absolute atomic E-state index is 0. The summed E-state index contributed by atoms with van der Waals surface area (Å²) in [6.07, 6.45) is 0. The summed E-state index contributed by atoms with van der Waals surface area (Å²) >= 11 is 0. The quantitative estimate of drug-likeness (QED) is 0.537. The van der Waals surface area contributed by atoms with Crippen molar-refractivity contribution < 1.29 is 75.5 Å². The van der Waals surface area contributed by atoms with Crippen LogP contribution in [-0.4, -0.2) is 0 Å². The van der Waals surface area contributed by atoms with E-state index >= 15 is 0 Å². The van der Waals surface area contributed by atoms with Crippen LogP contribution in [-0.2, 0) is 75.5 Å². The van der Waals surface area contributed by atoms with E-state index in [4.69, 9.17) is 0 Å². The summed E-state index contributed by atoms with van der Waals surface area (Å²) in [5.41, 5.74) is 0. The van der Waals surface area contributed by atoms with Gasteiger partial charge in [0.05, 0.1) is 0 Å². The SMILES string of the molecule is [Cu].[Zn].[Zn].[Zn]. The normalized spacial score (nSPS) is 0. The molecule has 0 bridgehead atoms. The van der Waals surface area contributed by atoms with Crippen LogP contribution >= 0.6 is 0 Å². The molecule has 0 heterocycles. The number of hydrogen-bond donors (Lipinski definition) is 0. The van der Waals surface area contributed by atoms with Gasteiger partial charge in [-0.1, -0.05) is 0 Å². The molecule has 0 atom stereocenters. The molecule has 0 fully saturated rings. The first-order valence-corrected chi connectivity index (χ1v) is 0. The molecule has 0 N–H and O–H groups in total. The fourth-order valence-electron chi connectivity index (χ4n) is 0. The molecule has 0 amide bonds. The van der Waals surface area contributed by atoms with E-state index in [1.807, 2.05) is 0 Å². The monoisotopic (exact) mass is 255 g/mol. The molecular weight excluding hydrogens is 260 g/mol. The molecule has 0 aliphatic rings. The van der Waals surface area contributed by atoms with E-state index in [1.54, 1.807) is 0 Å². The first kappa shape index (κ1) is 32.5. The molecule has 1 radical (unpaired) electrons. The van der Waals surface area contributed by atoms with Crippen LogP contribution in [0.4, 0.5) is 0 Å². The van der Waals surface area contributed by atoms with Crippen molar-refractivity contribution in [1.29, 1.82) is 0 Å². The van der Waals surface area contributed by atoms with Gasteiger partial charge in [-0.05, 0) is 0 Å². The van der Waals surface area contributed by atoms with Crippen molar-refractivity contribution in [1.82, 2.24) is 0 Å². The van der Waals surface area contributed by atoms with E-state index in [0.717, 1.165) is 0 Å². The minimum absolute atomic E-state index is 0. The summed E-state index contributed by atoms with van der Waals surface area (Å²) in [5.74, 6) is 0. The van der Waals surface area contributed by atoms with Crippen molar-refractivity contribution in [2.24, 2.45) is 0 Å². The summed E-state index contributed by atoms with van der Waals surface area (Å²) in [6, 6.07) is 0. The average Bonchev–Trinajstić information content (AvgIpc) is 0. The summed E-state index contributed by atoms with van der Waals surface area (Å²) in [5, 5.41) is 0. The standard InChI is InChI=1S/Cu.3Zn. The summed E-state index contributed by atoms with van der Waals surface area (Å²) in [6.45, 7) is 0. The van der Waals surface area contributed by atoms with E-state index in [-0.39, 0.29) is 75.5 Å². The van der Waals surface area contributed by atoms with E-state index < -0.39 is 0 Å². The van der Waals surface area contributed by atoms with Crippen molar-refractivity contribution in [2.45, 2.75) is 0 Å². The van der Waals surface area contributed by atoms with Crippen molar-refractivity contribution in [3.63, 3.8) is 0 Å². The third-order valence-electron chi connectivity index (χ3n) is 0. The predicted molar refractivity (Wildman–Crippen MR) is 0 cm³/mol. The Bertz CT molecular complexity index is 3.25. The van der Waals surface area contributed by atoms with Crippen LogP contribution in [0, 0.1) is 0 Å². The molecule has 4 heavy (non-hydrogen) atoms. The van der Waals surface area contributed by atoms with Crippen LogP contribution in [0.2, 0.25) is 0 Å². The zero-order valence-corrected chi connectivity index (χ0v) is 12.3. The molecule has 0 aliphatic heterocycles. The van der Waals surface area contributed by atoms with Gasteiger partial charge < -0.3 is 0 Å². The van der Waals surface area contributed by atoms with Gasteiger partial charge in [0.2, 0.25) is 0 Å². The molecule has 0 aromatic carbocycles. The summed E-state index contributed by atoms with van der Waals surface area (Å²) < 4.78 is 0. The molecular formula is CuZn3.